The number of aromatic nitrogens is 1. The molecule has 4 heteroatoms. The highest BCUT2D eigenvalue weighted by molar-refractivity contribution is 5.67. The zero-order chi connectivity index (χ0) is 11.6. The maximum Gasteiger partial charge on any atom is 0.303 e. The van der Waals surface area contributed by atoms with Gasteiger partial charge in [-0.05, 0) is 31.4 Å². The van der Waals surface area contributed by atoms with Crippen LogP contribution in [0.3, 0.4) is 0 Å². The third-order valence-corrected chi connectivity index (χ3v) is 2.83. The summed E-state index contributed by atoms with van der Waals surface area (Å²) in [5.74, 6) is -0.302. The van der Waals surface area contributed by atoms with Crippen molar-refractivity contribution in [3.8, 4) is 6.07 Å². The Labute approximate surface area is 93.9 Å². The van der Waals surface area contributed by atoms with Gasteiger partial charge in [0.05, 0.1) is 5.69 Å². The molecule has 1 aromatic rings. The molecule has 0 atom stereocenters. The lowest BCUT2D eigenvalue weighted by atomic mass is 9.77. The van der Waals surface area contributed by atoms with Crippen molar-refractivity contribution in [3.63, 3.8) is 0 Å². The van der Waals surface area contributed by atoms with Gasteiger partial charge in [-0.1, -0.05) is 6.07 Å². The molecule has 1 saturated carbocycles. The molecule has 0 aliphatic heterocycles. The van der Waals surface area contributed by atoms with Crippen LogP contribution in [0.1, 0.15) is 37.6 Å². The summed E-state index contributed by atoms with van der Waals surface area (Å²) in [5, 5.41) is 8.78. The normalized spacial score (nSPS) is 17.0. The van der Waals surface area contributed by atoms with Crippen LogP contribution in [0.25, 0.3) is 0 Å². The molecule has 1 heterocycles. The fourth-order valence-corrected chi connectivity index (χ4v) is 1.93. The predicted molar refractivity (Wildman–Crippen MR) is 56.2 cm³/mol. The molecule has 0 spiro atoms. The van der Waals surface area contributed by atoms with E-state index < -0.39 is 5.60 Å². The van der Waals surface area contributed by atoms with E-state index in [1.807, 2.05) is 12.1 Å². The molecule has 2 rings (SSSR count). The number of nitrogens with zero attached hydrogens (tertiary/aromatic N) is 2. The van der Waals surface area contributed by atoms with Crippen molar-refractivity contribution in [1.82, 2.24) is 4.98 Å². The van der Waals surface area contributed by atoms with Crippen molar-refractivity contribution in [3.05, 3.63) is 29.6 Å². The SMILES string of the molecule is CC(=O)OC1(c2cccc(C#N)n2)CCC1. The zero-order valence-electron chi connectivity index (χ0n) is 9.06. The van der Waals surface area contributed by atoms with E-state index in [9.17, 15) is 4.79 Å². The van der Waals surface area contributed by atoms with E-state index in [2.05, 4.69) is 4.98 Å². The van der Waals surface area contributed by atoms with E-state index in [0.29, 0.717) is 11.4 Å². The Balaban J connectivity index is 2.33. The number of ether oxygens (including phenoxy) is 1. The lowest BCUT2D eigenvalue weighted by Gasteiger charge is -2.40. The van der Waals surface area contributed by atoms with E-state index in [-0.39, 0.29) is 5.97 Å². The minimum absolute atomic E-state index is 0.302. The summed E-state index contributed by atoms with van der Waals surface area (Å²) in [5.41, 5.74) is 0.461. The highest BCUT2D eigenvalue weighted by Crippen LogP contribution is 2.43. The Morgan fingerprint density at radius 3 is 2.81 bits per heavy atom. The summed E-state index contributed by atoms with van der Waals surface area (Å²) in [4.78, 5) is 15.3. The largest absolute Gasteiger partial charge is 0.453 e. The summed E-state index contributed by atoms with van der Waals surface area (Å²) in [6.45, 7) is 1.40. The summed E-state index contributed by atoms with van der Waals surface area (Å²) in [7, 11) is 0. The first-order valence-electron chi connectivity index (χ1n) is 5.23. The molecule has 1 aromatic heterocycles. The van der Waals surface area contributed by atoms with Crippen LogP contribution in [0.5, 0.6) is 0 Å². The summed E-state index contributed by atoms with van der Waals surface area (Å²) >= 11 is 0. The summed E-state index contributed by atoms with van der Waals surface area (Å²) in [6.07, 6.45) is 2.59. The van der Waals surface area contributed by atoms with Crippen molar-refractivity contribution in [2.24, 2.45) is 0 Å². The zero-order valence-corrected chi connectivity index (χ0v) is 9.06. The number of esters is 1. The lowest BCUT2D eigenvalue weighted by Crippen LogP contribution is -2.39. The topological polar surface area (TPSA) is 63.0 Å². The Bertz CT molecular complexity index is 458. The van der Waals surface area contributed by atoms with Crippen molar-refractivity contribution < 1.29 is 9.53 Å². The van der Waals surface area contributed by atoms with Gasteiger partial charge in [-0.3, -0.25) is 4.79 Å². The summed E-state index contributed by atoms with van der Waals surface area (Å²) in [6, 6.07) is 7.21. The van der Waals surface area contributed by atoms with Gasteiger partial charge in [0, 0.05) is 6.92 Å². The fraction of sp³-hybridized carbons (Fsp3) is 0.417. The van der Waals surface area contributed by atoms with Gasteiger partial charge in [-0.25, -0.2) is 4.98 Å². The van der Waals surface area contributed by atoms with Gasteiger partial charge in [0.25, 0.3) is 0 Å². The van der Waals surface area contributed by atoms with Crippen molar-refractivity contribution in [2.45, 2.75) is 31.8 Å². The van der Waals surface area contributed by atoms with Crippen LogP contribution in [0.2, 0.25) is 0 Å². The maximum absolute atomic E-state index is 11.1. The number of rotatable bonds is 2. The highest BCUT2D eigenvalue weighted by atomic mass is 16.6. The van der Waals surface area contributed by atoms with Crippen LogP contribution in [-0.4, -0.2) is 11.0 Å². The number of hydrogen-bond donors (Lipinski definition) is 0. The molecule has 0 bridgehead atoms. The first kappa shape index (κ1) is 10.6. The third-order valence-electron chi connectivity index (χ3n) is 2.83. The lowest BCUT2D eigenvalue weighted by molar-refractivity contribution is -0.169. The Morgan fingerprint density at radius 2 is 2.31 bits per heavy atom. The van der Waals surface area contributed by atoms with Gasteiger partial charge in [0.2, 0.25) is 0 Å². The molecule has 0 unspecified atom stereocenters. The van der Waals surface area contributed by atoms with Gasteiger partial charge in [0.15, 0.2) is 5.60 Å². The quantitative estimate of drug-likeness (QED) is 0.708. The summed E-state index contributed by atoms with van der Waals surface area (Å²) < 4.78 is 5.35. The standard InChI is InChI=1S/C12H12N2O2/c1-9(15)16-12(6-3-7-12)11-5-2-4-10(8-13)14-11/h2,4-5H,3,6-7H2,1H3. The first-order valence-corrected chi connectivity index (χ1v) is 5.23. The molecule has 4 nitrogen and oxygen atoms in total. The number of hydrogen-bond acceptors (Lipinski definition) is 4. The van der Waals surface area contributed by atoms with E-state index in [0.717, 1.165) is 19.3 Å². The van der Waals surface area contributed by atoms with Crippen LogP contribution in [0.4, 0.5) is 0 Å². The molecule has 0 saturated heterocycles. The van der Waals surface area contributed by atoms with Gasteiger partial charge in [0.1, 0.15) is 11.8 Å². The molecule has 1 aliphatic carbocycles. The highest BCUT2D eigenvalue weighted by Gasteiger charge is 2.43. The molecule has 1 fully saturated rings. The van der Waals surface area contributed by atoms with Gasteiger partial charge in [-0.15, -0.1) is 0 Å². The molecule has 82 valence electrons. The molecular formula is C12H12N2O2. The molecule has 0 amide bonds. The van der Waals surface area contributed by atoms with E-state index in [4.69, 9.17) is 10.00 Å². The molecule has 16 heavy (non-hydrogen) atoms. The van der Waals surface area contributed by atoms with E-state index in [1.165, 1.54) is 6.92 Å². The first-order chi connectivity index (χ1) is 7.66. The van der Waals surface area contributed by atoms with E-state index in [1.54, 1.807) is 12.1 Å². The number of carbonyl (C=O) groups excluding carboxylic acids is 1. The molecule has 0 N–H and O–H groups in total. The number of carbonyl (C=O) groups is 1. The molecule has 0 radical (unpaired) electrons. The van der Waals surface area contributed by atoms with Crippen LogP contribution in [0, 0.1) is 11.3 Å². The van der Waals surface area contributed by atoms with Crippen molar-refractivity contribution in [2.75, 3.05) is 0 Å². The Kier molecular flexibility index (Phi) is 2.61. The van der Waals surface area contributed by atoms with Crippen LogP contribution < -0.4 is 0 Å². The van der Waals surface area contributed by atoms with Crippen molar-refractivity contribution >= 4 is 5.97 Å². The maximum atomic E-state index is 11.1. The fourth-order valence-electron chi connectivity index (χ4n) is 1.93. The minimum atomic E-state index is -0.585. The Morgan fingerprint density at radius 1 is 1.56 bits per heavy atom. The van der Waals surface area contributed by atoms with Gasteiger partial charge < -0.3 is 4.74 Å². The minimum Gasteiger partial charge on any atom is -0.453 e. The second-order valence-electron chi connectivity index (χ2n) is 3.96. The van der Waals surface area contributed by atoms with Crippen LogP contribution in [0.15, 0.2) is 18.2 Å². The van der Waals surface area contributed by atoms with Crippen LogP contribution >= 0.6 is 0 Å². The van der Waals surface area contributed by atoms with E-state index >= 15 is 0 Å². The monoisotopic (exact) mass is 216 g/mol. The molecular weight excluding hydrogens is 204 g/mol. The van der Waals surface area contributed by atoms with Crippen LogP contribution in [-0.2, 0) is 15.1 Å². The molecule has 1 aliphatic rings. The predicted octanol–water partition coefficient (Wildman–Crippen LogP) is 1.90. The average Bonchev–Trinajstić information content (AvgIpc) is 2.23. The third kappa shape index (κ3) is 1.76. The van der Waals surface area contributed by atoms with Gasteiger partial charge >= 0.3 is 5.97 Å². The Hall–Kier alpha value is -1.89. The van der Waals surface area contributed by atoms with Crippen molar-refractivity contribution in [1.29, 1.82) is 5.26 Å². The second-order valence-corrected chi connectivity index (χ2v) is 3.96. The number of pyridine rings is 1. The number of nitriles is 1. The van der Waals surface area contributed by atoms with Gasteiger partial charge in [-0.2, -0.15) is 5.26 Å². The smallest absolute Gasteiger partial charge is 0.303 e. The molecule has 0 aromatic carbocycles. The average molecular weight is 216 g/mol. The second kappa shape index (κ2) is 3.93.